The van der Waals surface area contributed by atoms with Crippen LogP contribution in [0.4, 0.5) is 0 Å². The van der Waals surface area contributed by atoms with Gasteiger partial charge < -0.3 is 5.73 Å². The summed E-state index contributed by atoms with van der Waals surface area (Å²) in [6, 6.07) is 6.37. The Bertz CT molecular complexity index is 504. The van der Waals surface area contributed by atoms with Crippen molar-refractivity contribution < 1.29 is 0 Å². The van der Waals surface area contributed by atoms with Crippen LogP contribution in [0.3, 0.4) is 0 Å². The maximum atomic E-state index is 6.26. The number of rotatable bonds is 2. The molecule has 0 aliphatic rings. The van der Waals surface area contributed by atoms with E-state index in [1.807, 2.05) is 0 Å². The van der Waals surface area contributed by atoms with E-state index in [-0.39, 0.29) is 6.04 Å². The molecule has 0 aliphatic carbocycles. The van der Waals surface area contributed by atoms with Gasteiger partial charge >= 0.3 is 0 Å². The van der Waals surface area contributed by atoms with E-state index >= 15 is 0 Å². The second-order valence-corrected chi connectivity index (χ2v) is 5.59. The maximum absolute atomic E-state index is 6.26. The number of benzene rings is 1. The van der Waals surface area contributed by atoms with Crippen LogP contribution in [0.25, 0.3) is 0 Å². The number of aryl methyl sites for hydroxylation is 2. The van der Waals surface area contributed by atoms with Crippen LogP contribution in [-0.4, -0.2) is 0 Å². The Hall–Kier alpha value is -0.640. The summed E-state index contributed by atoms with van der Waals surface area (Å²) in [4.78, 5) is 0. The summed E-state index contributed by atoms with van der Waals surface area (Å²) in [5, 5.41) is 4.17. The van der Waals surface area contributed by atoms with E-state index in [2.05, 4.69) is 58.7 Å². The average Bonchev–Trinajstić information content (AvgIpc) is 2.67. The molecule has 1 nitrogen and oxygen atoms in total. The third-order valence-corrected chi connectivity index (χ3v) is 4.62. The molecule has 16 heavy (non-hydrogen) atoms. The molecule has 2 aromatic rings. The summed E-state index contributed by atoms with van der Waals surface area (Å²) >= 11 is 5.20. The topological polar surface area (TPSA) is 26.0 Å². The van der Waals surface area contributed by atoms with Crippen molar-refractivity contribution in [2.45, 2.75) is 19.9 Å². The summed E-state index contributed by atoms with van der Waals surface area (Å²) in [5.41, 5.74) is 11.2. The van der Waals surface area contributed by atoms with E-state index < -0.39 is 0 Å². The molecule has 3 heteroatoms. The lowest BCUT2D eigenvalue weighted by molar-refractivity contribution is 0.869. The molecule has 0 spiro atoms. The molecular weight excluding hydrogens is 282 g/mol. The summed E-state index contributed by atoms with van der Waals surface area (Å²) in [6.07, 6.45) is 0. The zero-order chi connectivity index (χ0) is 11.7. The van der Waals surface area contributed by atoms with Gasteiger partial charge in [0.1, 0.15) is 0 Å². The molecule has 84 valence electrons. The van der Waals surface area contributed by atoms with Crippen molar-refractivity contribution in [3.05, 3.63) is 55.7 Å². The molecule has 1 aromatic heterocycles. The minimum atomic E-state index is -0.0417. The Labute approximate surface area is 108 Å². The van der Waals surface area contributed by atoms with Crippen LogP contribution in [0.5, 0.6) is 0 Å². The van der Waals surface area contributed by atoms with Gasteiger partial charge in [0.25, 0.3) is 0 Å². The van der Waals surface area contributed by atoms with Crippen LogP contribution in [-0.2, 0) is 0 Å². The lowest BCUT2D eigenvalue weighted by Gasteiger charge is -2.13. The van der Waals surface area contributed by atoms with Crippen LogP contribution in [0.2, 0.25) is 0 Å². The predicted molar refractivity (Wildman–Crippen MR) is 74.0 cm³/mol. The van der Waals surface area contributed by atoms with Gasteiger partial charge in [-0.1, -0.05) is 18.2 Å². The van der Waals surface area contributed by atoms with Gasteiger partial charge in [0, 0.05) is 9.85 Å². The van der Waals surface area contributed by atoms with E-state index in [4.69, 9.17) is 5.73 Å². The van der Waals surface area contributed by atoms with Crippen molar-refractivity contribution in [3.8, 4) is 0 Å². The Kier molecular flexibility index (Phi) is 3.47. The Morgan fingerprint density at radius 1 is 1.19 bits per heavy atom. The molecule has 0 aliphatic heterocycles. The molecule has 0 fully saturated rings. The third kappa shape index (κ3) is 2.21. The minimum absolute atomic E-state index is 0.0417. The van der Waals surface area contributed by atoms with Gasteiger partial charge in [0.15, 0.2) is 0 Å². The molecule has 1 unspecified atom stereocenters. The molecule has 1 heterocycles. The van der Waals surface area contributed by atoms with Gasteiger partial charge in [-0.2, -0.15) is 11.3 Å². The quantitative estimate of drug-likeness (QED) is 0.884. The lowest BCUT2D eigenvalue weighted by atomic mass is 9.98. The standard InChI is InChI=1S/C13H14BrNS/c1-8-3-4-10(5-9(8)2)13(15)11-6-16-7-12(11)14/h3-7,13H,15H2,1-2H3. The number of hydrogen-bond acceptors (Lipinski definition) is 2. The van der Waals surface area contributed by atoms with Crippen molar-refractivity contribution in [1.82, 2.24) is 0 Å². The molecule has 0 saturated carbocycles. The molecule has 2 N–H and O–H groups in total. The zero-order valence-corrected chi connectivity index (χ0v) is 11.7. The molecule has 0 saturated heterocycles. The summed E-state index contributed by atoms with van der Waals surface area (Å²) in [5.74, 6) is 0. The minimum Gasteiger partial charge on any atom is -0.320 e. The van der Waals surface area contributed by atoms with Crippen LogP contribution < -0.4 is 5.73 Å². The molecule has 1 atom stereocenters. The van der Waals surface area contributed by atoms with Gasteiger partial charge in [-0.15, -0.1) is 0 Å². The van der Waals surface area contributed by atoms with Gasteiger partial charge in [0.05, 0.1) is 6.04 Å². The Morgan fingerprint density at radius 3 is 2.50 bits per heavy atom. The highest BCUT2D eigenvalue weighted by atomic mass is 79.9. The number of halogens is 1. The first-order valence-corrected chi connectivity index (χ1v) is 6.87. The maximum Gasteiger partial charge on any atom is 0.0571 e. The monoisotopic (exact) mass is 295 g/mol. The van der Waals surface area contributed by atoms with Crippen molar-refractivity contribution in [3.63, 3.8) is 0 Å². The molecule has 0 radical (unpaired) electrons. The first-order valence-electron chi connectivity index (χ1n) is 5.14. The molecular formula is C13H14BrNS. The second kappa shape index (κ2) is 4.70. The van der Waals surface area contributed by atoms with Gasteiger partial charge in [-0.25, -0.2) is 0 Å². The first kappa shape index (κ1) is 11.8. The van der Waals surface area contributed by atoms with Crippen molar-refractivity contribution in [1.29, 1.82) is 0 Å². The lowest BCUT2D eigenvalue weighted by Crippen LogP contribution is -2.11. The Morgan fingerprint density at radius 2 is 1.94 bits per heavy atom. The smallest absolute Gasteiger partial charge is 0.0571 e. The normalized spacial score (nSPS) is 12.8. The zero-order valence-electron chi connectivity index (χ0n) is 9.33. The molecule has 1 aromatic carbocycles. The van der Waals surface area contributed by atoms with Crippen molar-refractivity contribution >= 4 is 27.3 Å². The van der Waals surface area contributed by atoms with Crippen LogP contribution in [0.15, 0.2) is 33.4 Å². The third-order valence-electron chi connectivity index (χ3n) is 2.87. The number of hydrogen-bond donors (Lipinski definition) is 1. The fraction of sp³-hybridized carbons (Fsp3) is 0.231. The van der Waals surface area contributed by atoms with E-state index in [0.717, 1.165) is 10.0 Å². The summed E-state index contributed by atoms with van der Waals surface area (Å²) in [6.45, 7) is 4.24. The van der Waals surface area contributed by atoms with Crippen molar-refractivity contribution in [2.75, 3.05) is 0 Å². The highest BCUT2D eigenvalue weighted by Gasteiger charge is 2.13. The van der Waals surface area contributed by atoms with E-state index in [1.54, 1.807) is 11.3 Å². The summed E-state index contributed by atoms with van der Waals surface area (Å²) < 4.78 is 1.10. The SMILES string of the molecule is Cc1ccc(C(N)c2cscc2Br)cc1C. The highest BCUT2D eigenvalue weighted by Crippen LogP contribution is 2.30. The molecule has 2 rings (SSSR count). The fourth-order valence-electron chi connectivity index (χ4n) is 1.65. The van der Waals surface area contributed by atoms with E-state index in [1.165, 1.54) is 16.7 Å². The molecule has 0 bridgehead atoms. The molecule has 0 amide bonds. The van der Waals surface area contributed by atoms with Crippen LogP contribution in [0, 0.1) is 13.8 Å². The highest BCUT2D eigenvalue weighted by molar-refractivity contribution is 9.10. The number of nitrogens with two attached hydrogens (primary N) is 1. The van der Waals surface area contributed by atoms with Crippen LogP contribution in [0.1, 0.15) is 28.3 Å². The first-order chi connectivity index (χ1) is 7.59. The second-order valence-electron chi connectivity index (χ2n) is 4.00. The predicted octanol–water partition coefficient (Wildman–Crippen LogP) is 4.18. The Balaban J connectivity index is 2.38. The van der Waals surface area contributed by atoms with E-state index in [9.17, 15) is 0 Å². The van der Waals surface area contributed by atoms with Gasteiger partial charge in [0.2, 0.25) is 0 Å². The van der Waals surface area contributed by atoms with Gasteiger partial charge in [-0.05, 0) is 57.4 Å². The van der Waals surface area contributed by atoms with Crippen LogP contribution >= 0.6 is 27.3 Å². The van der Waals surface area contributed by atoms with Gasteiger partial charge in [-0.3, -0.25) is 0 Å². The largest absolute Gasteiger partial charge is 0.320 e. The van der Waals surface area contributed by atoms with Crippen molar-refractivity contribution in [2.24, 2.45) is 5.73 Å². The average molecular weight is 296 g/mol. The number of thiophene rings is 1. The summed E-state index contributed by atoms with van der Waals surface area (Å²) in [7, 11) is 0. The van der Waals surface area contributed by atoms with E-state index in [0.29, 0.717) is 0 Å². The fourth-order valence-corrected chi connectivity index (χ4v) is 3.23.